The Bertz CT molecular complexity index is 227. The Balaban J connectivity index is 3.99. The third kappa shape index (κ3) is 6.85. The van der Waals surface area contributed by atoms with Crippen molar-refractivity contribution in [3.05, 3.63) is 0 Å². The van der Waals surface area contributed by atoms with Gasteiger partial charge in [-0.25, -0.2) is 0 Å². The standard InChI is InChI=1S/C9H17N3O3/c1-15-6-5-12(4-2-3-10)7-8(11)9(13)14/h8H,2,4-7,11H2,1H3,(H,13,14). The highest BCUT2D eigenvalue weighted by Crippen LogP contribution is 1.94. The number of aliphatic carboxylic acids is 1. The summed E-state index contributed by atoms with van der Waals surface area (Å²) < 4.78 is 4.88. The van der Waals surface area contributed by atoms with Crippen LogP contribution in [0.2, 0.25) is 0 Å². The van der Waals surface area contributed by atoms with Crippen LogP contribution in [0, 0.1) is 11.3 Å². The zero-order valence-corrected chi connectivity index (χ0v) is 8.85. The van der Waals surface area contributed by atoms with E-state index in [1.807, 2.05) is 11.0 Å². The van der Waals surface area contributed by atoms with Crippen LogP contribution in [0.15, 0.2) is 0 Å². The first-order valence-corrected chi connectivity index (χ1v) is 4.68. The molecule has 0 aromatic carbocycles. The number of nitrogens with two attached hydrogens (primary N) is 1. The fourth-order valence-corrected chi connectivity index (χ4v) is 1.08. The number of ether oxygens (including phenoxy) is 1. The molecule has 0 spiro atoms. The van der Waals surface area contributed by atoms with E-state index in [-0.39, 0.29) is 6.54 Å². The summed E-state index contributed by atoms with van der Waals surface area (Å²) in [5.74, 6) is -1.03. The molecule has 0 saturated carbocycles. The molecule has 0 aliphatic rings. The van der Waals surface area contributed by atoms with E-state index in [0.717, 1.165) is 0 Å². The quantitative estimate of drug-likeness (QED) is 0.553. The van der Waals surface area contributed by atoms with Crippen molar-refractivity contribution in [1.29, 1.82) is 5.26 Å². The molecule has 1 unspecified atom stereocenters. The van der Waals surface area contributed by atoms with Crippen molar-refractivity contribution in [2.45, 2.75) is 12.5 Å². The van der Waals surface area contributed by atoms with Gasteiger partial charge in [-0.05, 0) is 0 Å². The van der Waals surface area contributed by atoms with Gasteiger partial charge in [0.15, 0.2) is 0 Å². The number of rotatable bonds is 8. The van der Waals surface area contributed by atoms with Gasteiger partial charge in [0.25, 0.3) is 0 Å². The fraction of sp³-hybridized carbons (Fsp3) is 0.778. The first-order valence-electron chi connectivity index (χ1n) is 4.68. The van der Waals surface area contributed by atoms with E-state index in [1.54, 1.807) is 7.11 Å². The smallest absolute Gasteiger partial charge is 0.321 e. The SMILES string of the molecule is COCCN(CCC#N)CC(N)C(=O)O. The second-order valence-electron chi connectivity index (χ2n) is 3.15. The van der Waals surface area contributed by atoms with Gasteiger partial charge in [0.2, 0.25) is 0 Å². The predicted octanol–water partition coefficient (Wildman–Crippen LogP) is -0.740. The molecule has 0 amide bonds. The molecule has 0 aliphatic heterocycles. The summed E-state index contributed by atoms with van der Waals surface area (Å²) in [6, 6.07) is 1.09. The lowest BCUT2D eigenvalue weighted by molar-refractivity contribution is -0.139. The normalized spacial score (nSPS) is 12.4. The van der Waals surface area contributed by atoms with Gasteiger partial charge in [-0.15, -0.1) is 0 Å². The van der Waals surface area contributed by atoms with Crippen LogP contribution < -0.4 is 5.73 Å². The summed E-state index contributed by atoms with van der Waals surface area (Å²) in [5, 5.41) is 17.1. The summed E-state index contributed by atoms with van der Waals surface area (Å²) in [6.45, 7) is 1.83. The summed E-state index contributed by atoms with van der Waals surface area (Å²) in [5.41, 5.74) is 5.40. The summed E-state index contributed by atoms with van der Waals surface area (Å²) in [4.78, 5) is 12.3. The van der Waals surface area contributed by atoms with Gasteiger partial charge in [-0.3, -0.25) is 9.69 Å². The van der Waals surface area contributed by atoms with Gasteiger partial charge in [0, 0.05) is 33.2 Å². The summed E-state index contributed by atoms with van der Waals surface area (Å²) >= 11 is 0. The lowest BCUT2D eigenvalue weighted by Gasteiger charge is -2.22. The Hall–Kier alpha value is -1.16. The molecule has 0 bridgehead atoms. The maximum atomic E-state index is 10.5. The molecular formula is C9H17N3O3. The van der Waals surface area contributed by atoms with Crippen LogP contribution in [0.25, 0.3) is 0 Å². The predicted molar refractivity (Wildman–Crippen MR) is 54.2 cm³/mol. The molecule has 0 fully saturated rings. The topological polar surface area (TPSA) is 99.6 Å². The first-order chi connectivity index (χ1) is 7.11. The summed E-state index contributed by atoms with van der Waals surface area (Å²) in [7, 11) is 1.57. The van der Waals surface area contributed by atoms with Crippen LogP contribution in [0.5, 0.6) is 0 Å². The van der Waals surface area contributed by atoms with Crippen molar-refractivity contribution in [3.8, 4) is 6.07 Å². The average molecular weight is 215 g/mol. The van der Waals surface area contributed by atoms with Crippen LogP contribution in [0.1, 0.15) is 6.42 Å². The number of hydrogen-bond donors (Lipinski definition) is 2. The Morgan fingerprint density at radius 1 is 1.67 bits per heavy atom. The average Bonchev–Trinajstić information content (AvgIpc) is 2.21. The highest BCUT2D eigenvalue weighted by atomic mass is 16.5. The Morgan fingerprint density at radius 2 is 2.33 bits per heavy atom. The van der Waals surface area contributed by atoms with Gasteiger partial charge >= 0.3 is 5.97 Å². The number of methoxy groups -OCH3 is 1. The Labute approximate surface area is 89.2 Å². The molecule has 0 aliphatic carbocycles. The minimum absolute atomic E-state index is 0.236. The number of nitrogens with zero attached hydrogens (tertiary/aromatic N) is 2. The van der Waals surface area contributed by atoms with E-state index in [2.05, 4.69) is 0 Å². The monoisotopic (exact) mass is 215 g/mol. The zero-order valence-electron chi connectivity index (χ0n) is 8.85. The molecule has 0 saturated heterocycles. The molecule has 0 aromatic rings. The molecule has 1 atom stereocenters. The maximum Gasteiger partial charge on any atom is 0.321 e. The molecule has 86 valence electrons. The molecular weight excluding hydrogens is 198 g/mol. The molecule has 6 heteroatoms. The van der Waals surface area contributed by atoms with Gasteiger partial charge in [0.1, 0.15) is 6.04 Å². The van der Waals surface area contributed by atoms with Crippen molar-refractivity contribution in [2.24, 2.45) is 5.73 Å². The van der Waals surface area contributed by atoms with Gasteiger partial charge < -0.3 is 15.6 Å². The minimum Gasteiger partial charge on any atom is -0.480 e. The second kappa shape index (κ2) is 8.17. The lowest BCUT2D eigenvalue weighted by Crippen LogP contribution is -2.44. The van der Waals surface area contributed by atoms with E-state index in [1.165, 1.54) is 0 Å². The summed E-state index contributed by atoms with van der Waals surface area (Å²) in [6.07, 6.45) is 0.357. The van der Waals surface area contributed by atoms with Crippen molar-refractivity contribution in [1.82, 2.24) is 4.90 Å². The van der Waals surface area contributed by atoms with Crippen molar-refractivity contribution in [3.63, 3.8) is 0 Å². The van der Waals surface area contributed by atoms with Crippen molar-refractivity contribution >= 4 is 5.97 Å². The highest BCUT2D eigenvalue weighted by molar-refractivity contribution is 5.73. The highest BCUT2D eigenvalue weighted by Gasteiger charge is 2.15. The lowest BCUT2D eigenvalue weighted by atomic mass is 10.2. The van der Waals surface area contributed by atoms with E-state index in [9.17, 15) is 4.79 Å². The molecule has 0 heterocycles. The Morgan fingerprint density at radius 3 is 2.80 bits per heavy atom. The molecule has 3 N–H and O–H groups in total. The molecule has 15 heavy (non-hydrogen) atoms. The van der Waals surface area contributed by atoms with E-state index in [4.69, 9.17) is 20.8 Å². The second-order valence-corrected chi connectivity index (χ2v) is 3.15. The number of hydrogen-bond acceptors (Lipinski definition) is 5. The van der Waals surface area contributed by atoms with Gasteiger partial charge in [-0.2, -0.15) is 5.26 Å². The van der Waals surface area contributed by atoms with Crippen LogP contribution in [0.3, 0.4) is 0 Å². The van der Waals surface area contributed by atoms with Crippen molar-refractivity contribution < 1.29 is 14.6 Å². The minimum atomic E-state index is -1.03. The Kier molecular flexibility index (Phi) is 7.54. The fourth-order valence-electron chi connectivity index (χ4n) is 1.08. The molecule has 0 rings (SSSR count). The van der Waals surface area contributed by atoms with Gasteiger partial charge in [0.05, 0.1) is 12.7 Å². The number of carboxylic acids is 1. The van der Waals surface area contributed by atoms with E-state index in [0.29, 0.717) is 26.1 Å². The van der Waals surface area contributed by atoms with Gasteiger partial charge in [-0.1, -0.05) is 0 Å². The largest absolute Gasteiger partial charge is 0.480 e. The van der Waals surface area contributed by atoms with Crippen molar-refractivity contribution in [2.75, 3.05) is 33.4 Å². The van der Waals surface area contributed by atoms with Crippen LogP contribution in [0.4, 0.5) is 0 Å². The number of carbonyl (C=O) groups is 1. The molecule has 0 aromatic heterocycles. The zero-order chi connectivity index (χ0) is 11.7. The van der Waals surface area contributed by atoms with Crippen LogP contribution >= 0.6 is 0 Å². The number of carboxylic acid groups (broad SMARTS) is 1. The van der Waals surface area contributed by atoms with E-state index >= 15 is 0 Å². The molecule has 6 nitrogen and oxygen atoms in total. The van der Waals surface area contributed by atoms with E-state index < -0.39 is 12.0 Å². The molecule has 0 radical (unpaired) electrons. The van der Waals surface area contributed by atoms with Crippen LogP contribution in [-0.2, 0) is 9.53 Å². The maximum absolute atomic E-state index is 10.5. The number of nitriles is 1. The third-order valence-corrected chi connectivity index (χ3v) is 1.92. The van der Waals surface area contributed by atoms with Crippen LogP contribution in [-0.4, -0.2) is 55.4 Å². The third-order valence-electron chi connectivity index (χ3n) is 1.92. The first kappa shape index (κ1) is 13.8.